The predicted octanol–water partition coefficient (Wildman–Crippen LogP) is 3.70. The van der Waals surface area contributed by atoms with E-state index in [-0.39, 0.29) is 0 Å². The monoisotopic (exact) mass is 427 g/mol. The summed E-state index contributed by atoms with van der Waals surface area (Å²) in [5.41, 5.74) is 11.0. The van der Waals surface area contributed by atoms with Gasteiger partial charge in [0.1, 0.15) is 11.4 Å². The molecule has 152 valence electrons. The number of amides is 1. The number of thiazole rings is 1. The summed E-state index contributed by atoms with van der Waals surface area (Å²) in [6.07, 6.45) is 12.7. The molecule has 0 unspecified atom stereocenters. The van der Waals surface area contributed by atoms with E-state index in [2.05, 4.69) is 14.4 Å². The van der Waals surface area contributed by atoms with Crippen molar-refractivity contribution in [3.8, 4) is 22.6 Å². The van der Waals surface area contributed by atoms with Crippen LogP contribution >= 0.6 is 11.3 Å². The van der Waals surface area contributed by atoms with Gasteiger partial charge in [0.25, 0.3) is 0 Å². The highest BCUT2D eigenvalue weighted by Crippen LogP contribution is 2.39. The molecule has 0 aliphatic heterocycles. The molecule has 1 aliphatic carbocycles. The molecule has 1 saturated carbocycles. The molecule has 0 radical (unpaired) electrons. The molecule has 0 saturated heterocycles. The fourth-order valence-corrected chi connectivity index (χ4v) is 4.54. The molecule has 0 spiro atoms. The number of rotatable bonds is 5. The van der Waals surface area contributed by atoms with Crippen LogP contribution in [0.3, 0.4) is 0 Å². The average Bonchev–Trinajstić information content (AvgIpc) is 3.18. The largest absolute Gasteiger partial charge is 0.366 e. The van der Waals surface area contributed by atoms with Crippen LogP contribution < -0.4 is 5.73 Å². The van der Waals surface area contributed by atoms with E-state index in [1.807, 2.05) is 40.7 Å². The first kappa shape index (κ1) is 18.0. The summed E-state index contributed by atoms with van der Waals surface area (Å²) in [6, 6.07) is 6.41. The summed E-state index contributed by atoms with van der Waals surface area (Å²) < 4.78 is 4.07. The predicted molar refractivity (Wildman–Crippen MR) is 119 cm³/mol. The first-order valence-electron chi connectivity index (χ1n) is 9.92. The minimum absolute atomic E-state index is 0.492. The highest BCUT2D eigenvalue weighted by Gasteiger charge is 2.26. The van der Waals surface area contributed by atoms with Crippen molar-refractivity contribution < 1.29 is 4.79 Å². The summed E-state index contributed by atoms with van der Waals surface area (Å²) in [4.78, 5) is 26.2. The standard InChI is InChI=1S/C22H17N7OS/c23-18(30)6-4-14-15(3-5-16-19(14)25-9-8-24-16)21-20(26-22-28(21)11-12-31-22)17-7-10-29(27-17)13-1-2-13/h3-13H,1-2H2,(H2,23,30)/b6-4+. The number of benzene rings is 1. The van der Waals surface area contributed by atoms with Gasteiger partial charge in [0.15, 0.2) is 4.96 Å². The molecule has 1 aliphatic rings. The Morgan fingerprint density at radius 3 is 2.87 bits per heavy atom. The van der Waals surface area contributed by atoms with Crippen molar-refractivity contribution in [1.82, 2.24) is 29.1 Å². The van der Waals surface area contributed by atoms with Gasteiger partial charge in [-0.3, -0.25) is 23.8 Å². The highest BCUT2D eigenvalue weighted by atomic mass is 32.1. The van der Waals surface area contributed by atoms with E-state index in [9.17, 15) is 4.79 Å². The highest BCUT2D eigenvalue weighted by molar-refractivity contribution is 7.15. The molecular weight excluding hydrogens is 410 g/mol. The summed E-state index contributed by atoms with van der Waals surface area (Å²) in [7, 11) is 0. The number of hydrogen-bond acceptors (Lipinski definition) is 6. The van der Waals surface area contributed by atoms with Crippen LogP contribution in [0, 0.1) is 0 Å². The van der Waals surface area contributed by atoms with Crippen LogP contribution in [0.5, 0.6) is 0 Å². The lowest BCUT2D eigenvalue weighted by molar-refractivity contribution is -0.113. The van der Waals surface area contributed by atoms with Crippen LogP contribution in [0.15, 0.2) is 54.4 Å². The molecule has 1 aromatic carbocycles. The third-order valence-electron chi connectivity index (χ3n) is 5.38. The van der Waals surface area contributed by atoms with Gasteiger partial charge >= 0.3 is 0 Å². The van der Waals surface area contributed by atoms with Crippen molar-refractivity contribution in [2.75, 3.05) is 0 Å². The molecule has 6 rings (SSSR count). The topological polar surface area (TPSA) is 104 Å². The van der Waals surface area contributed by atoms with E-state index in [0.717, 1.165) is 51.5 Å². The summed E-state index contributed by atoms with van der Waals surface area (Å²) >= 11 is 1.56. The van der Waals surface area contributed by atoms with Gasteiger partial charge in [-0.1, -0.05) is 0 Å². The van der Waals surface area contributed by atoms with Crippen LogP contribution in [0.2, 0.25) is 0 Å². The zero-order valence-corrected chi connectivity index (χ0v) is 17.2. The second kappa shape index (κ2) is 6.85. The Morgan fingerprint density at radius 2 is 2.03 bits per heavy atom. The number of aromatic nitrogens is 6. The van der Waals surface area contributed by atoms with Crippen molar-refractivity contribution in [2.24, 2.45) is 5.73 Å². The molecule has 31 heavy (non-hydrogen) atoms. The second-order valence-corrected chi connectivity index (χ2v) is 8.34. The van der Waals surface area contributed by atoms with Gasteiger partial charge in [-0.25, -0.2) is 4.98 Å². The Labute approximate surface area is 180 Å². The van der Waals surface area contributed by atoms with Crippen molar-refractivity contribution in [3.05, 3.63) is 60.0 Å². The quantitative estimate of drug-likeness (QED) is 0.431. The molecule has 4 aromatic heterocycles. The second-order valence-electron chi connectivity index (χ2n) is 7.46. The van der Waals surface area contributed by atoms with Crippen molar-refractivity contribution in [1.29, 1.82) is 0 Å². The minimum Gasteiger partial charge on any atom is -0.366 e. The van der Waals surface area contributed by atoms with E-state index >= 15 is 0 Å². The number of primary amides is 1. The zero-order valence-electron chi connectivity index (χ0n) is 16.3. The molecule has 0 atom stereocenters. The summed E-state index contributed by atoms with van der Waals surface area (Å²) in [5.74, 6) is -0.524. The SMILES string of the molecule is NC(=O)/C=C/c1c(-c2c(-c3ccn(C4CC4)n3)nc3sccn23)ccc2nccnc12. The number of nitrogens with zero attached hydrogens (tertiary/aromatic N) is 6. The van der Waals surface area contributed by atoms with Crippen LogP contribution in [0.25, 0.3) is 44.7 Å². The van der Waals surface area contributed by atoms with E-state index in [1.165, 1.54) is 6.08 Å². The molecule has 1 fully saturated rings. The van der Waals surface area contributed by atoms with Gasteiger partial charge in [-0.15, -0.1) is 11.3 Å². The van der Waals surface area contributed by atoms with Gasteiger partial charge in [-0.05, 0) is 37.1 Å². The zero-order chi connectivity index (χ0) is 20.9. The number of carbonyl (C=O) groups is 1. The van der Waals surface area contributed by atoms with Crippen molar-refractivity contribution in [2.45, 2.75) is 18.9 Å². The maximum Gasteiger partial charge on any atom is 0.241 e. The minimum atomic E-state index is -0.524. The first-order valence-corrected chi connectivity index (χ1v) is 10.8. The van der Waals surface area contributed by atoms with Crippen LogP contribution in [-0.2, 0) is 4.79 Å². The molecule has 1 amide bonds. The van der Waals surface area contributed by atoms with E-state index < -0.39 is 5.91 Å². The van der Waals surface area contributed by atoms with Crippen molar-refractivity contribution in [3.63, 3.8) is 0 Å². The third kappa shape index (κ3) is 3.01. The van der Waals surface area contributed by atoms with E-state index in [4.69, 9.17) is 15.8 Å². The molecule has 5 aromatic rings. The van der Waals surface area contributed by atoms with Crippen LogP contribution in [0.1, 0.15) is 24.4 Å². The lowest BCUT2D eigenvalue weighted by Crippen LogP contribution is -2.05. The molecule has 0 bridgehead atoms. The van der Waals surface area contributed by atoms with Gasteiger partial charge < -0.3 is 5.73 Å². The first-order chi connectivity index (χ1) is 15.2. The molecule has 4 heterocycles. The Balaban J connectivity index is 1.63. The van der Waals surface area contributed by atoms with Gasteiger partial charge in [-0.2, -0.15) is 5.10 Å². The van der Waals surface area contributed by atoms with Gasteiger partial charge in [0.05, 0.1) is 22.8 Å². The Morgan fingerprint density at radius 1 is 1.16 bits per heavy atom. The molecule has 2 N–H and O–H groups in total. The number of carbonyl (C=O) groups excluding carboxylic acids is 1. The van der Waals surface area contributed by atoms with Gasteiger partial charge in [0, 0.05) is 47.4 Å². The Hall–Kier alpha value is -3.85. The van der Waals surface area contributed by atoms with Crippen LogP contribution in [-0.4, -0.2) is 35.0 Å². The molecule has 9 heteroatoms. The Kier molecular flexibility index (Phi) is 3.97. The normalized spacial score (nSPS) is 14.2. The fraction of sp³-hybridized carbons (Fsp3) is 0.136. The van der Waals surface area contributed by atoms with E-state index in [1.54, 1.807) is 29.8 Å². The Bertz CT molecular complexity index is 1490. The number of nitrogens with two attached hydrogens (primary N) is 1. The summed E-state index contributed by atoms with van der Waals surface area (Å²) in [5, 5.41) is 6.79. The van der Waals surface area contributed by atoms with Crippen LogP contribution in [0.4, 0.5) is 0 Å². The molecule has 8 nitrogen and oxygen atoms in total. The molecular formula is C22H17N7OS. The maximum atomic E-state index is 11.5. The summed E-state index contributed by atoms with van der Waals surface area (Å²) in [6.45, 7) is 0. The van der Waals surface area contributed by atoms with E-state index in [0.29, 0.717) is 11.6 Å². The number of fused-ring (bicyclic) bond motifs is 2. The maximum absolute atomic E-state index is 11.5. The smallest absolute Gasteiger partial charge is 0.241 e. The number of hydrogen-bond donors (Lipinski definition) is 1. The average molecular weight is 427 g/mol. The number of imidazole rings is 1. The lowest BCUT2D eigenvalue weighted by atomic mass is 9.99. The van der Waals surface area contributed by atoms with Gasteiger partial charge in [0.2, 0.25) is 5.91 Å². The third-order valence-corrected chi connectivity index (χ3v) is 6.14. The lowest BCUT2D eigenvalue weighted by Gasteiger charge is -2.10. The fourth-order valence-electron chi connectivity index (χ4n) is 3.83. The van der Waals surface area contributed by atoms with Crippen molar-refractivity contribution >= 4 is 39.3 Å².